The van der Waals surface area contributed by atoms with Gasteiger partial charge in [0.15, 0.2) is 0 Å². The van der Waals surface area contributed by atoms with Crippen molar-refractivity contribution in [1.29, 1.82) is 0 Å². The molecule has 29 heavy (non-hydrogen) atoms. The lowest BCUT2D eigenvalue weighted by Crippen LogP contribution is -2.49. The Balaban J connectivity index is 1.35. The molecule has 1 N–H and O–H groups in total. The molecule has 2 aliphatic heterocycles. The van der Waals surface area contributed by atoms with Crippen LogP contribution in [0.5, 0.6) is 0 Å². The maximum atomic E-state index is 13.2. The van der Waals surface area contributed by atoms with Gasteiger partial charge in [-0.15, -0.1) is 0 Å². The monoisotopic (exact) mass is 400 g/mol. The van der Waals surface area contributed by atoms with Crippen LogP contribution in [0, 0.1) is 12.8 Å². The van der Waals surface area contributed by atoms with Gasteiger partial charge in [-0.2, -0.15) is 0 Å². The Hall–Kier alpha value is -1.53. The van der Waals surface area contributed by atoms with Crippen LogP contribution < -0.4 is 0 Å². The lowest BCUT2D eigenvalue weighted by Gasteiger charge is -2.41. The zero-order chi connectivity index (χ0) is 20.2. The van der Waals surface area contributed by atoms with Crippen LogP contribution in [0.4, 0.5) is 0 Å². The minimum absolute atomic E-state index is 0.0716. The van der Waals surface area contributed by atoms with Gasteiger partial charge in [0.25, 0.3) is 5.91 Å². The molecule has 1 amide bonds. The SMILES string of the molecule is Cc1c(CC2CCCCC2)ncnc1C(=O)N1CCC(N2CCC(O)CC2)CC1. The number of aliphatic hydroxyl groups excluding tert-OH is 1. The Morgan fingerprint density at radius 3 is 2.38 bits per heavy atom. The topological polar surface area (TPSA) is 69.6 Å². The zero-order valence-electron chi connectivity index (χ0n) is 17.9. The van der Waals surface area contributed by atoms with E-state index in [1.165, 1.54) is 32.1 Å². The van der Waals surface area contributed by atoms with Crippen LogP contribution in [0.3, 0.4) is 0 Å². The van der Waals surface area contributed by atoms with Crippen molar-refractivity contribution < 1.29 is 9.90 Å². The number of rotatable bonds is 4. The Morgan fingerprint density at radius 1 is 1.00 bits per heavy atom. The van der Waals surface area contributed by atoms with Gasteiger partial charge in [0.2, 0.25) is 0 Å². The predicted octanol–water partition coefficient (Wildman–Crippen LogP) is 2.97. The van der Waals surface area contributed by atoms with Crippen LogP contribution in [-0.2, 0) is 6.42 Å². The molecule has 0 spiro atoms. The molecule has 4 rings (SSSR count). The molecule has 2 saturated heterocycles. The quantitative estimate of drug-likeness (QED) is 0.841. The number of carbonyl (C=O) groups is 1. The first-order chi connectivity index (χ1) is 14.1. The lowest BCUT2D eigenvalue weighted by molar-refractivity contribution is 0.0354. The Morgan fingerprint density at radius 2 is 1.69 bits per heavy atom. The van der Waals surface area contributed by atoms with Crippen LogP contribution in [-0.4, -0.2) is 69.1 Å². The van der Waals surface area contributed by atoms with E-state index >= 15 is 0 Å². The third kappa shape index (κ3) is 4.97. The molecule has 1 aliphatic carbocycles. The fourth-order valence-electron chi connectivity index (χ4n) is 5.41. The van der Waals surface area contributed by atoms with Gasteiger partial charge in [-0.1, -0.05) is 32.1 Å². The molecule has 160 valence electrons. The summed E-state index contributed by atoms with van der Waals surface area (Å²) in [6.07, 6.45) is 12.8. The average Bonchev–Trinajstić information content (AvgIpc) is 2.76. The van der Waals surface area contributed by atoms with Crippen molar-refractivity contribution in [3.8, 4) is 0 Å². The van der Waals surface area contributed by atoms with Crippen LogP contribution in [0.2, 0.25) is 0 Å². The van der Waals surface area contributed by atoms with Gasteiger partial charge >= 0.3 is 0 Å². The summed E-state index contributed by atoms with van der Waals surface area (Å²) in [5, 5.41) is 9.73. The number of nitrogens with zero attached hydrogens (tertiary/aromatic N) is 4. The maximum absolute atomic E-state index is 13.2. The van der Waals surface area contributed by atoms with Gasteiger partial charge < -0.3 is 14.9 Å². The Labute approximate surface area is 174 Å². The van der Waals surface area contributed by atoms with Gasteiger partial charge in [-0.05, 0) is 44.9 Å². The number of piperidine rings is 2. The third-order valence-electron chi connectivity index (χ3n) is 7.36. The molecule has 0 bridgehead atoms. The van der Waals surface area contributed by atoms with Gasteiger partial charge in [0.05, 0.1) is 6.10 Å². The summed E-state index contributed by atoms with van der Waals surface area (Å²) in [5.74, 6) is 0.779. The highest BCUT2D eigenvalue weighted by atomic mass is 16.3. The number of hydrogen-bond acceptors (Lipinski definition) is 5. The molecule has 0 atom stereocenters. The molecule has 3 aliphatic rings. The number of aliphatic hydroxyl groups is 1. The second-order valence-corrected chi connectivity index (χ2v) is 9.29. The van der Waals surface area contributed by atoms with E-state index in [9.17, 15) is 9.90 Å². The van der Waals surface area contributed by atoms with E-state index in [0.717, 1.165) is 69.5 Å². The lowest BCUT2D eigenvalue weighted by atomic mass is 9.85. The van der Waals surface area contributed by atoms with Crippen molar-refractivity contribution in [3.05, 3.63) is 23.3 Å². The highest BCUT2D eigenvalue weighted by molar-refractivity contribution is 5.93. The van der Waals surface area contributed by atoms with Gasteiger partial charge in [-0.25, -0.2) is 9.97 Å². The zero-order valence-corrected chi connectivity index (χ0v) is 17.9. The van der Waals surface area contributed by atoms with Crippen LogP contribution >= 0.6 is 0 Å². The Kier molecular flexibility index (Phi) is 6.81. The molecular weight excluding hydrogens is 364 g/mol. The smallest absolute Gasteiger partial charge is 0.272 e. The molecule has 0 aromatic carbocycles. The van der Waals surface area contributed by atoms with E-state index < -0.39 is 0 Å². The molecule has 6 nitrogen and oxygen atoms in total. The molecular formula is C23H36N4O2. The van der Waals surface area contributed by atoms with Gasteiger partial charge in [-0.3, -0.25) is 4.79 Å². The second-order valence-electron chi connectivity index (χ2n) is 9.29. The number of hydrogen-bond donors (Lipinski definition) is 1. The molecule has 0 radical (unpaired) electrons. The van der Waals surface area contributed by atoms with Crippen molar-refractivity contribution >= 4 is 5.91 Å². The van der Waals surface area contributed by atoms with E-state index in [0.29, 0.717) is 17.7 Å². The minimum atomic E-state index is -0.128. The van der Waals surface area contributed by atoms with E-state index in [2.05, 4.69) is 14.9 Å². The minimum Gasteiger partial charge on any atom is -0.393 e. The molecule has 1 aromatic rings. The van der Waals surface area contributed by atoms with Crippen LogP contribution in [0.15, 0.2) is 6.33 Å². The van der Waals surface area contributed by atoms with E-state index in [1.54, 1.807) is 6.33 Å². The van der Waals surface area contributed by atoms with Gasteiger partial charge in [0, 0.05) is 43.5 Å². The first-order valence-corrected chi connectivity index (χ1v) is 11.6. The summed E-state index contributed by atoms with van der Waals surface area (Å²) in [6.45, 7) is 5.58. The summed E-state index contributed by atoms with van der Waals surface area (Å²) >= 11 is 0. The molecule has 6 heteroatoms. The highest BCUT2D eigenvalue weighted by Crippen LogP contribution is 2.28. The molecule has 1 aromatic heterocycles. The predicted molar refractivity (Wildman–Crippen MR) is 113 cm³/mol. The van der Waals surface area contributed by atoms with Crippen molar-refractivity contribution in [2.45, 2.75) is 83.3 Å². The summed E-state index contributed by atoms with van der Waals surface area (Å²) in [6, 6.07) is 0.542. The van der Waals surface area contributed by atoms with Gasteiger partial charge in [0.1, 0.15) is 12.0 Å². The first-order valence-electron chi connectivity index (χ1n) is 11.6. The summed E-state index contributed by atoms with van der Waals surface area (Å²) in [7, 11) is 0. The van der Waals surface area contributed by atoms with Crippen LogP contribution in [0.1, 0.15) is 79.5 Å². The number of likely N-dealkylation sites (tertiary alicyclic amines) is 2. The number of carbonyl (C=O) groups excluding carboxylic acids is 1. The molecule has 3 heterocycles. The average molecular weight is 401 g/mol. The van der Waals surface area contributed by atoms with E-state index in [1.807, 2.05) is 11.8 Å². The summed E-state index contributed by atoms with van der Waals surface area (Å²) in [5.41, 5.74) is 2.65. The second kappa shape index (κ2) is 9.52. The largest absolute Gasteiger partial charge is 0.393 e. The molecule has 1 saturated carbocycles. The fourth-order valence-corrected chi connectivity index (χ4v) is 5.41. The number of aromatic nitrogens is 2. The van der Waals surface area contributed by atoms with E-state index in [4.69, 9.17) is 0 Å². The van der Waals surface area contributed by atoms with E-state index in [-0.39, 0.29) is 12.0 Å². The van der Waals surface area contributed by atoms with Crippen molar-refractivity contribution in [2.75, 3.05) is 26.2 Å². The first kappa shape index (κ1) is 20.7. The van der Waals surface area contributed by atoms with Crippen molar-refractivity contribution in [3.63, 3.8) is 0 Å². The molecule has 3 fully saturated rings. The molecule has 0 unspecified atom stereocenters. The standard InChI is InChI=1S/C23H36N4O2/c1-17-21(15-18-5-3-2-4-6-18)24-16-25-22(17)23(29)27-11-7-19(8-12-27)26-13-9-20(28)10-14-26/h16,18-20,28H,2-15H2,1H3. The summed E-state index contributed by atoms with van der Waals surface area (Å²) in [4.78, 5) is 26.6. The number of amides is 1. The third-order valence-corrected chi connectivity index (χ3v) is 7.36. The van der Waals surface area contributed by atoms with Crippen LogP contribution in [0.25, 0.3) is 0 Å². The Bertz CT molecular complexity index is 688. The maximum Gasteiger partial charge on any atom is 0.272 e. The normalized spacial score (nSPS) is 23.4. The highest BCUT2D eigenvalue weighted by Gasteiger charge is 2.30. The van der Waals surface area contributed by atoms with Crippen molar-refractivity contribution in [2.24, 2.45) is 5.92 Å². The van der Waals surface area contributed by atoms with Crippen molar-refractivity contribution in [1.82, 2.24) is 19.8 Å². The fraction of sp³-hybridized carbons (Fsp3) is 0.783. The summed E-state index contributed by atoms with van der Waals surface area (Å²) < 4.78 is 0.